The fraction of sp³-hybridized carbons (Fsp3) is 0.333. The van der Waals surface area contributed by atoms with Crippen LogP contribution in [-0.2, 0) is 16.1 Å². The van der Waals surface area contributed by atoms with E-state index in [2.05, 4.69) is 4.98 Å². The van der Waals surface area contributed by atoms with Crippen molar-refractivity contribution < 1.29 is 13.9 Å². The summed E-state index contributed by atoms with van der Waals surface area (Å²) in [4.78, 5) is 18.4. The zero-order valence-electron chi connectivity index (χ0n) is 13.6. The summed E-state index contributed by atoms with van der Waals surface area (Å²) in [5.74, 6) is -0.540. The molecule has 4 nitrogen and oxygen atoms in total. The Bertz CT molecular complexity index is 636. The number of carbonyl (C=O) groups excluding carboxylic acids is 1. The predicted octanol–water partition coefficient (Wildman–Crippen LogP) is 3.57. The molecule has 0 spiro atoms. The SMILES string of the molecule is CC(C)(C)OCC(=O)N(Cc1ccccn1)c1ccc(F)cc1. The minimum atomic E-state index is -0.408. The van der Waals surface area contributed by atoms with Gasteiger partial charge in [0.05, 0.1) is 17.8 Å². The van der Waals surface area contributed by atoms with Crippen molar-refractivity contribution in [1.29, 1.82) is 0 Å². The van der Waals surface area contributed by atoms with E-state index in [0.717, 1.165) is 5.69 Å². The average molecular weight is 316 g/mol. The molecule has 0 unspecified atom stereocenters. The van der Waals surface area contributed by atoms with Crippen LogP contribution in [0.2, 0.25) is 0 Å². The number of rotatable bonds is 5. The second-order valence-electron chi connectivity index (χ2n) is 6.18. The Kier molecular flexibility index (Phi) is 5.45. The number of anilines is 1. The van der Waals surface area contributed by atoms with Gasteiger partial charge < -0.3 is 9.64 Å². The first kappa shape index (κ1) is 17.1. The first-order chi connectivity index (χ1) is 10.8. The van der Waals surface area contributed by atoms with Gasteiger partial charge in [-0.1, -0.05) is 6.07 Å². The highest BCUT2D eigenvalue weighted by Gasteiger charge is 2.20. The van der Waals surface area contributed by atoms with E-state index in [0.29, 0.717) is 12.2 Å². The molecule has 0 N–H and O–H groups in total. The monoisotopic (exact) mass is 316 g/mol. The van der Waals surface area contributed by atoms with Gasteiger partial charge in [-0.2, -0.15) is 0 Å². The Morgan fingerprint density at radius 2 is 1.87 bits per heavy atom. The summed E-state index contributed by atoms with van der Waals surface area (Å²) in [5, 5.41) is 0. The van der Waals surface area contributed by atoms with Gasteiger partial charge in [0.15, 0.2) is 0 Å². The van der Waals surface area contributed by atoms with Crippen LogP contribution in [0.4, 0.5) is 10.1 Å². The van der Waals surface area contributed by atoms with E-state index in [9.17, 15) is 9.18 Å². The molecule has 0 aliphatic heterocycles. The van der Waals surface area contributed by atoms with Crippen LogP contribution in [0.15, 0.2) is 48.7 Å². The van der Waals surface area contributed by atoms with Gasteiger partial charge in [-0.05, 0) is 57.2 Å². The first-order valence-electron chi connectivity index (χ1n) is 7.45. The van der Waals surface area contributed by atoms with Crippen LogP contribution in [0.5, 0.6) is 0 Å². The molecule has 5 heteroatoms. The number of nitrogens with zero attached hydrogens (tertiary/aromatic N) is 2. The zero-order chi connectivity index (χ0) is 16.9. The molecule has 0 fully saturated rings. The molecule has 0 aliphatic rings. The number of halogens is 1. The maximum absolute atomic E-state index is 13.1. The van der Waals surface area contributed by atoms with Crippen molar-refractivity contribution in [3.05, 3.63) is 60.2 Å². The molecular weight excluding hydrogens is 295 g/mol. The number of hydrogen-bond acceptors (Lipinski definition) is 3. The second-order valence-corrected chi connectivity index (χ2v) is 6.18. The Morgan fingerprint density at radius 1 is 1.17 bits per heavy atom. The van der Waals surface area contributed by atoms with E-state index in [1.54, 1.807) is 23.2 Å². The minimum absolute atomic E-state index is 0.0479. The van der Waals surface area contributed by atoms with Gasteiger partial charge in [0.2, 0.25) is 0 Å². The average Bonchev–Trinajstić information content (AvgIpc) is 2.52. The van der Waals surface area contributed by atoms with E-state index in [-0.39, 0.29) is 18.3 Å². The maximum Gasteiger partial charge on any atom is 0.253 e. The van der Waals surface area contributed by atoms with Crippen molar-refractivity contribution in [2.24, 2.45) is 0 Å². The van der Waals surface area contributed by atoms with Crippen molar-refractivity contribution in [3.63, 3.8) is 0 Å². The highest BCUT2D eigenvalue weighted by atomic mass is 19.1. The number of amides is 1. The molecule has 1 aromatic heterocycles. The van der Waals surface area contributed by atoms with Crippen LogP contribution in [0.3, 0.4) is 0 Å². The molecular formula is C18H21FN2O2. The maximum atomic E-state index is 13.1. The standard InChI is InChI=1S/C18H21FN2O2/c1-18(2,3)23-13-17(22)21(12-15-6-4-5-11-20-15)16-9-7-14(19)8-10-16/h4-11H,12-13H2,1-3H3. The summed E-state index contributed by atoms with van der Waals surface area (Å²) in [6, 6.07) is 11.3. The van der Waals surface area contributed by atoms with Crippen molar-refractivity contribution in [2.75, 3.05) is 11.5 Å². The summed E-state index contributed by atoms with van der Waals surface area (Å²) in [5.41, 5.74) is 0.954. The van der Waals surface area contributed by atoms with E-state index in [4.69, 9.17) is 4.74 Å². The molecule has 1 heterocycles. The van der Waals surface area contributed by atoms with Gasteiger partial charge in [-0.15, -0.1) is 0 Å². The lowest BCUT2D eigenvalue weighted by Gasteiger charge is -2.25. The minimum Gasteiger partial charge on any atom is -0.366 e. The first-order valence-corrected chi connectivity index (χ1v) is 7.45. The third-order valence-corrected chi connectivity index (χ3v) is 3.11. The molecule has 0 aliphatic carbocycles. The van der Waals surface area contributed by atoms with Gasteiger partial charge in [-0.25, -0.2) is 4.39 Å². The largest absolute Gasteiger partial charge is 0.366 e. The second kappa shape index (κ2) is 7.33. The lowest BCUT2D eigenvalue weighted by Crippen LogP contribution is -2.36. The number of carbonyl (C=O) groups is 1. The molecule has 0 saturated heterocycles. The summed E-state index contributed by atoms with van der Waals surface area (Å²) in [7, 11) is 0. The normalized spacial score (nSPS) is 11.3. The molecule has 0 saturated carbocycles. The highest BCUT2D eigenvalue weighted by molar-refractivity contribution is 5.94. The fourth-order valence-electron chi connectivity index (χ4n) is 1.95. The fourth-order valence-corrected chi connectivity index (χ4v) is 1.95. The molecule has 2 aromatic rings. The van der Waals surface area contributed by atoms with Crippen LogP contribution in [0.25, 0.3) is 0 Å². The zero-order valence-corrected chi connectivity index (χ0v) is 13.6. The molecule has 0 atom stereocenters. The summed E-state index contributed by atoms with van der Waals surface area (Å²) < 4.78 is 18.7. The van der Waals surface area contributed by atoms with E-state index >= 15 is 0 Å². The van der Waals surface area contributed by atoms with E-state index in [1.165, 1.54) is 12.1 Å². The Balaban J connectivity index is 2.20. The molecule has 0 radical (unpaired) electrons. The van der Waals surface area contributed by atoms with Crippen molar-refractivity contribution >= 4 is 11.6 Å². The molecule has 23 heavy (non-hydrogen) atoms. The van der Waals surface area contributed by atoms with Crippen LogP contribution in [-0.4, -0.2) is 23.1 Å². The molecule has 1 aromatic carbocycles. The Hall–Kier alpha value is -2.27. The highest BCUT2D eigenvalue weighted by Crippen LogP contribution is 2.18. The number of pyridine rings is 1. The van der Waals surface area contributed by atoms with Crippen LogP contribution < -0.4 is 4.90 Å². The molecule has 1 amide bonds. The van der Waals surface area contributed by atoms with E-state index in [1.807, 2.05) is 39.0 Å². The van der Waals surface area contributed by atoms with Gasteiger partial charge in [-0.3, -0.25) is 9.78 Å². The van der Waals surface area contributed by atoms with Crippen molar-refractivity contribution in [2.45, 2.75) is 32.9 Å². The van der Waals surface area contributed by atoms with Gasteiger partial charge >= 0.3 is 0 Å². The Morgan fingerprint density at radius 3 is 2.43 bits per heavy atom. The van der Waals surface area contributed by atoms with Gasteiger partial charge in [0, 0.05) is 11.9 Å². The summed E-state index contributed by atoms with van der Waals surface area (Å²) in [6.07, 6.45) is 1.67. The number of aromatic nitrogens is 1. The third-order valence-electron chi connectivity index (χ3n) is 3.11. The number of benzene rings is 1. The predicted molar refractivity (Wildman–Crippen MR) is 87.5 cm³/mol. The smallest absolute Gasteiger partial charge is 0.253 e. The lowest BCUT2D eigenvalue weighted by molar-refractivity contribution is -0.128. The number of ether oxygens (including phenoxy) is 1. The van der Waals surface area contributed by atoms with Crippen molar-refractivity contribution in [3.8, 4) is 0 Å². The summed E-state index contributed by atoms with van der Waals surface area (Å²) >= 11 is 0. The Labute approximate surface area is 135 Å². The van der Waals surface area contributed by atoms with Gasteiger partial charge in [0.25, 0.3) is 5.91 Å². The van der Waals surface area contributed by atoms with Crippen molar-refractivity contribution in [1.82, 2.24) is 4.98 Å². The topological polar surface area (TPSA) is 42.4 Å². The van der Waals surface area contributed by atoms with Crippen LogP contribution in [0, 0.1) is 5.82 Å². The number of hydrogen-bond donors (Lipinski definition) is 0. The molecule has 2 rings (SSSR count). The quantitative estimate of drug-likeness (QED) is 0.847. The summed E-state index contributed by atoms with van der Waals surface area (Å²) in [6.45, 7) is 5.93. The molecule has 0 bridgehead atoms. The van der Waals surface area contributed by atoms with E-state index < -0.39 is 5.60 Å². The van der Waals surface area contributed by atoms with Gasteiger partial charge in [0.1, 0.15) is 12.4 Å². The third kappa shape index (κ3) is 5.45. The lowest BCUT2D eigenvalue weighted by atomic mass is 10.2. The molecule has 122 valence electrons. The van der Waals surface area contributed by atoms with Crippen LogP contribution in [0.1, 0.15) is 26.5 Å². The van der Waals surface area contributed by atoms with Crippen LogP contribution >= 0.6 is 0 Å².